The number of aryl methyl sites for hydroxylation is 2. The van der Waals surface area contributed by atoms with E-state index in [0.29, 0.717) is 11.4 Å². The van der Waals surface area contributed by atoms with Gasteiger partial charge in [0.2, 0.25) is 0 Å². The summed E-state index contributed by atoms with van der Waals surface area (Å²) < 4.78 is 15.7. The van der Waals surface area contributed by atoms with Crippen molar-refractivity contribution in [1.29, 1.82) is 0 Å². The highest BCUT2D eigenvalue weighted by Gasteiger charge is 2.11. The molecular formula is C15H19FN4O2. The number of nitrogens with zero attached hydrogens (tertiary/aromatic N) is 2. The van der Waals surface area contributed by atoms with Gasteiger partial charge in [-0.15, -0.1) is 0 Å². The number of urea groups is 1. The molecule has 1 unspecified atom stereocenters. The highest BCUT2D eigenvalue weighted by atomic mass is 19.1. The van der Waals surface area contributed by atoms with Crippen LogP contribution in [-0.4, -0.2) is 33.6 Å². The van der Waals surface area contributed by atoms with Crippen LogP contribution in [0, 0.1) is 19.7 Å². The molecule has 0 saturated carbocycles. The van der Waals surface area contributed by atoms with E-state index < -0.39 is 11.8 Å². The average molecular weight is 306 g/mol. The number of carbonyl (C=O) groups is 1. The number of nitrogens with one attached hydrogen (secondary N) is 2. The zero-order valence-electron chi connectivity index (χ0n) is 12.7. The summed E-state index contributed by atoms with van der Waals surface area (Å²) in [5, 5.41) is 18.1. The van der Waals surface area contributed by atoms with Crippen LogP contribution in [0.25, 0.3) is 5.69 Å². The van der Waals surface area contributed by atoms with Crippen molar-refractivity contribution in [1.82, 2.24) is 15.1 Å². The number of halogens is 1. The molecule has 22 heavy (non-hydrogen) atoms. The largest absolute Gasteiger partial charge is 0.394 e. The number of anilines is 1. The van der Waals surface area contributed by atoms with Gasteiger partial charge in [0.25, 0.3) is 0 Å². The van der Waals surface area contributed by atoms with Gasteiger partial charge in [-0.05, 0) is 45.0 Å². The minimum absolute atomic E-state index is 0.168. The maximum absolute atomic E-state index is 14.2. The van der Waals surface area contributed by atoms with E-state index in [4.69, 9.17) is 5.11 Å². The monoisotopic (exact) mass is 306 g/mol. The van der Waals surface area contributed by atoms with Crippen molar-refractivity contribution in [3.05, 3.63) is 41.5 Å². The van der Waals surface area contributed by atoms with Crippen LogP contribution in [0.5, 0.6) is 0 Å². The molecule has 1 atom stereocenters. The molecule has 0 aliphatic heterocycles. The quantitative estimate of drug-likeness (QED) is 0.809. The maximum Gasteiger partial charge on any atom is 0.319 e. The predicted molar refractivity (Wildman–Crippen MR) is 81.7 cm³/mol. The van der Waals surface area contributed by atoms with Gasteiger partial charge in [-0.2, -0.15) is 5.10 Å². The average Bonchev–Trinajstić information content (AvgIpc) is 2.77. The third-order valence-electron chi connectivity index (χ3n) is 3.09. The normalized spacial score (nSPS) is 12.0. The van der Waals surface area contributed by atoms with E-state index in [-0.39, 0.29) is 12.6 Å². The first kappa shape index (κ1) is 16.0. The first-order valence-corrected chi connectivity index (χ1v) is 6.92. The molecule has 1 aromatic carbocycles. The number of aromatic nitrogens is 2. The summed E-state index contributed by atoms with van der Waals surface area (Å²) in [4.78, 5) is 11.6. The van der Waals surface area contributed by atoms with Crippen LogP contribution in [0.2, 0.25) is 0 Å². The molecule has 0 fully saturated rings. The summed E-state index contributed by atoms with van der Waals surface area (Å²) in [7, 11) is 0. The molecule has 0 radical (unpaired) electrons. The van der Waals surface area contributed by atoms with Crippen molar-refractivity contribution >= 4 is 11.7 Å². The van der Waals surface area contributed by atoms with Crippen molar-refractivity contribution in [2.24, 2.45) is 0 Å². The van der Waals surface area contributed by atoms with Crippen molar-refractivity contribution in [3.63, 3.8) is 0 Å². The van der Waals surface area contributed by atoms with Crippen LogP contribution >= 0.6 is 0 Å². The lowest BCUT2D eigenvalue weighted by atomic mass is 10.2. The molecule has 1 heterocycles. The Hall–Kier alpha value is -2.41. The number of carbonyl (C=O) groups excluding carboxylic acids is 1. The van der Waals surface area contributed by atoms with Crippen LogP contribution in [0.15, 0.2) is 24.3 Å². The van der Waals surface area contributed by atoms with Crippen molar-refractivity contribution in [2.45, 2.75) is 26.8 Å². The van der Waals surface area contributed by atoms with Crippen molar-refractivity contribution in [3.8, 4) is 5.69 Å². The standard InChI is InChI=1S/C15H19FN4O2/c1-9-6-11(3)20(19-9)14-5-4-12(7-13(14)16)18-15(22)17-10(2)8-21/h4-7,10,21H,8H2,1-3H3,(H2,17,18,22). The maximum atomic E-state index is 14.2. The van der Waals surface area contributed by atoms with Gasteiger partial charge in [-0.25, -0.2) is 13.9 Å². The van der Waals surface area contributed by atoms with Crippen LogP contribution in [-0.2, 0) is 0 Å². The Morgan fingerprint density at radius 3 is 2.68 bits per heavy atom. The van der Waals surface area contributed by atoms with Crippen LogP contribution in [0.1, 0.15) is 18.3 Å². The van der Waals surface area contributed by atoms with Crippen LogP contribution in [0.3, 0.4) is 0 Å². The smallest absolute Gasteiger partial charge is 0.319 e. The summed E-state index contributed by atoms with van der Waals surface area (Å²) in [6.07, 6.45) is 0. The number of hydrogen-bond donors (Lipinski definition) is 3. The fourth-order valence-corrected chi connectivity index (χ4v) is 2.07. The second-order valence-electron chi connectivity index (χ2n) is 5.19. The first-order chi connectivity index (χ1) is 10.4. The Morgan fingerprint density at radius 2 is 2.14 bits per heavy atom. The zero-order chi connectivity index (χ0) is 16.3. The van der Waals surface area contributed by atoms with Gasteiger partial charge in [-0.1, -0.05) is 0 Å². The molecule has 2 rings (SSSR count). The van der Waals surface area contributed by atoms with Crippen molar-refractivity contribution in [2.75, 3.05) is 11.9 Å². The molecule has 2 amide bonds. The number of amides is 2. The third kappa shape index (κ3) is 3.62. The Labute approximate surface area is 128 Å². The third-order valence-corrected chi connectivity index (χ3v) is 3.09. The van der Waals surface area contributed by atoms with Gasteiger partial charge in [0.1, 0.15) is 5.69 Å². The number of benzene rings is 1. The second-order valence-corrected chi connectivity index (χ2v) is 5.19. The topological polar surface area (TPSA) is 79.2 Å². The molecule has 6 nitrogen and oxygen atoms in total. The van der Waals surface area contributed by atoms with Crippen molar-refractivity contribution < 1.29 is 14.3 Å². The Bertz CT molecular complexity index is 684. The predicted octanol–water partition coefficient (Wildman–Crippen LogP) is 2.13. The highest BCUT2D eigenvalue weighted by Crippen LogP contribution is 2.19. The minimum atomic E-state index is -0.500. The molecule has 3 N–H and O–H groups in total. The van der Waals surface area contributed by atoms with E-state index in [9.17, 15) is 9.18 Å². The summed E-state index contributed by atoms with van der Waals surface area (Å²) in [6, 6.07) is 5.36. The first-order valence-electron chi connectivity index (χ1n) is 6.92. The molecule has 0 aliphatic carbocycles. The molecular weight excluding hydrogens is 287 g/mol. The summed E-state index contributed by atoms with van der Waals surface area (Å²) in [5.74, 6) is -0.487. The van der Waals surface area contributed by atoms with E-state index in [0.717, 1.165) is 11.4 Å². The minimum Gasteiger partial charge on any atom is -0.394 e. The summed E-state index contributed by atoms with van der Waals surface area (Å²) >= 11 is 0. The Kier molecular flexibility index (Phi) is 4.77. The van der Waals surface area contributed by atoms with E-state index in [1.807, 2.05) is 19.9 Å². The van der Waals surface area contributed by atoms with Gasteiger partial charge >= 0.3 is 6.03 Å². The van der Waals surface area contributed by atoms with E-state index in [1.54, 1.807) is 19.1 Å². The summed E-state index contributed by atoms with van der Waals surface area (Å²) in [6.45, 7) is 5.17. The SMILES string of the molecule is Cc1cc(C)n(-c2ccc(NC(=O)NC(C)CO)cc2F)n1. The lowest BCUT2D eigenvalue weighted by Crippen LogP contribution is -2.38. The van der Waals surface area contributed by atoms with Gasteiger partial charge in [-0.3, -0.25) is 0 Å². The number of hydrogen-bond acceptors (Lipinski definition) is 3. The number of aliphatic hydroxyl groups excluding tert-OH is 1. The molecule has 0 aliphatic rings. The number of aliphatic hydroxyl groups is 1. The molecule has 7 heteroatoms. The molecule has 0 saturated heterocycles. The van der Waals surface area contributed by atoms with Gasteiger partial charge < -0.3 is 15.7 Å². The molecule has 118 valence electrons. The fourth-order valence-electron chi connectivity index (χ4n) is 2.07. The second kappa shape index (κ2) is 6.57. The molecule has 1 aromatic heterocycles. The zero-order valence-corrected chi connectivity index (χ0v) is 12.7. The number of rotatable bonds is 4. The van der Waals surface area contributed by atoms with Gasteiger partial charge in [0.05, 0.1) is 18.3 Å². The van der Waals surface area contributed by atoms with Crippen LogP contribution in [0.4, 0.5) is 14.9 Å². The fraction of sp³-hybridized carbons (Fsp3) is 0.333. The van der Waals surface area contributed by atoms with Gasteiger partial charge in [0, 0.05) is 11.4 Å². The Morgan fingerprint density at radius 1 is 1.41 bits per heavy atom. The summed E-state index contributed by atoms with van der Waals surface area (Å²) in [5.41, 5.74) is 2.27. The Balaban J connectivity index is 2.16. The van der Waals surface area contributed by atoms with Crippen LogP contribution < -0.4 is 10.6 Å². The molecule has 2 aromatic rings. The van der Waals surface area contributed by atoms with E-state index >= 15 is 0 Å². The molecule has 0 bridgehead atoms. The van der Waals surface area contributed by atoms with E-state index in [2.05, 4.69) is 15.7 Å². The molecule has 0 spiro atoms. The van der Waals surface area contributed by atoms with Gasteiger partial charge in [0.15, 0.2) is 5.82 Å². The highest BCUT2D eigenvalue weighted by molar-refractivity contribution is 5.89. The van der Waals surface area contributed by atoms with E-state index in [1.165, 1.54) is 10.7 Å². The lowest BCUT2D eigenvalue weighted by Gasteiger charge is -2.13. The lowest BCUT2D eigenvalue weighted by molar-refractivity contribution is 0.229.